The molecule has 0 unspecified atom stereocenters. The molecule has 0 N–H and O–H groups in total. The van der Waals surface area contributed by atoms with Crippen LogP contribution in [0.4, 0.5) is 0 Å². The molecule has 0 spiro atoms. The molecule has 564 valence electrons. The number of fused-ring (bicyclic) bond motifs is 18. The summed E-state index contributed by atoms with van der Waals surface area (Å²) in [6, 6.07) is 149. The monoisotopic (exact) mass is 1540 g/mol. The summed E-state index contributed by atoms with van der Waals surface area (Å²) in [7, 11) is 0. The van der Waals surface area contributed by atoms with Crippen LogP contribution in [-0.2, 0) is 0 Å². The smallest absolute Gasteiger partial charge is 0.235 e. The van der Waals surface area contributed by atoms with Gasteiger partial charge >= 0.3 is 0 Å². The Kier molecular flexibility index (Phi) is 17.0. The number of benzene rings is 19. The molecule has 6 aromatic heterocycles. The first-order valence-electron chi connectivity index (χ1n) is 40.8. The summed E-state index contributed by atoms with van der Waals surface area (Å²) in [6.45, 7) is 0. The second-order valence-corrected chi connectivity index (χ2v) is 30.7. The molecule has 10 heteroatoms. The van der Waals surface area contributed by atoms with Gasteiger partial charge in [-0.3, -0.25) is 4.57 Å². The Morgan fingerprint density at radius 2 is 0.521 bits per heavy atom. The van der Waals surface area contributed by atoms with Crippen molar-refractivity contribution < 1.29 is 0 Å². The van der Waals surface area contributed by atoms with Gasteiger partial charge in [-0.05, 0) is 157 Å². The Balaban J connectivity index is 0.000000108. The summed E-state index contributed by atoms with van der Waals surface area (Å²) in [4.78, 5) is 35.2. The van der Waals surface area contributed by atoms with Gasteiger partial charge in [-0.2, -0.15) is 0 Å². The van der Waals surface area contributed by atoms with Crippen LogP contribution >= 0.6 is 0 Å². The summed E-state index contributed by atoms with van der Waals surface area (Å²) in [5.41, 5.74) is 19.1. The number of hydrogen-bond donors (Lipinski definition) is 0. The van der Waals surface area contributed by atoms with E-state index in [-0.39, 0.29) is 0 Å². The third-order valence-electron chi connectivity index (χ3n) is 23.6. The molecule has 0 aliphatic rings. The highest BCUT2D eigenvalue weighted by molar-refractivity contribution is 6.23. The van der Waals surface area contributed by atoms with Gasteiger partial charge in [0.1, 0.15) is 0 Å². The van der Waals surface area contributed by atoms with Crippen LogP contribution in [0.2, 0.25) is 0 Å². The lowest BCUT2D eigenvalue weighted by Crippen LogP contribution is -2.03. The zero-order chi connectivity index (χ0) is 79.9. The van der Waals surface area contributed by atoms with Gasteiger partial charge in [0.25, 0.3) is 0 Å². The van der Waals surface area contributed by atoms with Gasteiger partial charge < -0.3 is 9.13 Å². The van der Waals surface area contributed by atoms with Gasteiger partial charge in [-0.15, -0.1) is 0 Å². The van der Waals surface area contributed by atoms with Crippen LogP contribution in [0, 0.1) is 0 Å². The van der Waals surface area contributed by atoms with Crippen molar-refractivity contribution in [2.45, 2.75) is 0 Å². The lowest BCUT2D eigenvalue weighted by atomic mass is 10.0. The molecule has 0 amide bonds. The highest BCUT2D eigenvalue weighted by atomic mass is 15.2. The molecule has 0 aliphatic carbocycles. The van der Waals surface area contributed by atoms with Gasteiger partial charge in [-0.25, -0.2) is 34.9 Å². The van der Waals surface area contributed by atoms with Crippen molar-refractivity contribution in [2.24, 2.45) is 0 Å². The normalized spacial score (nSPS) is 11.6. The SMILES string of the molecule is c1ccc(-c2nc(-c3ccc(-n4c5ccccc5c5c6ccccc6ccc54)cc3)nc3ccccc23)cc1.c1ccc(-c2nc(-c3ccc4ccccc4c3)nc(-c3ccc4ccc(-n5c6ccccc6c6cc7ccccc7cc65)cc4c3)n2)cc1.c1ccc(-c2nc(-n3c4ccccc4c4c5ccccc5ccc43)nc3ccccc23)cc1. The molecule has 0 bridgehead atoms. The van der Waals surface area contributed by atoms with Crippen molar-refractivity contribution in [3.63, 3.8) is 0 Å². The van der Waals surface area contributed by atoms with E-state index in [4.69, 9.17) is 34.9 Å². The summed E-state index contributed by atoms with van der Waals surface area (Å²) in [5.74, 6) is 3.37. The third kappa shape index (κ3) is 12.4. The molecule has 0 fully saturated rings. The van der Waals surface area contributed by atoms with Crippen molar-refractivity contribution in [1.82, 2.24) is 48.6 Å². The standard InChI is InChI=1S/C45H28N4.C36H23N3.C30H19N3/c1-2-11-31(12-3-1)43-46-44(35-20-18-29-10-4-5-13-32(29)24-35)48-45(47-43)36-21-19-30-22-23-38(26-37(30)25-36)49-41-17-9-8-16-39(41)40-27-33-14-6-7-15-34(33)28-42(40)49;1-2-11-25(12-3-1)35-29-14-6-8-16-31(29)37-36(38-35)26-18-21-27(22-19-26)39-32-17-9-7-15-30(32)34-28-13-5-4-10-24(28)20-23-33(34)39;1-2-11-21(12-3-1)29-23-14-6-8-16-25(23)31-30(32-29)33-26-17-9-7-15-24(26)28-22-13-5-4-10-20(22)18-19-27(28)33/h1-28H;1-23H;1-19H. The first-order chi connectivity index (χ1) is 60.0. The van der Waals surface area contributed by atoms with Crippen molar-refractivity contribution in [3.8, 4) is 85.4 Å². The van der Waals surface area contributed by atoms with Gasteiger partial charge in [0.15, 0.2) is 23.3 Å². The van der Waals surface area contributed by atoms with Gasteiger partial charge in [-0.1, -0.05) is 322 Å². The molecule has 0 saturated carbocycles. The van der Waals surface area contributed by atoms with E-state index < -0.39 is 0 Å². The first-order valence-corrected chi connectivity index (χ1v) is 40.8. The van der Waals surface area contributed by atoms with E-state index in [9.17, 15) is 0 Å². The van der Waals surface area contributed by atoms with Crippen molar-refractivity contribution in [3.05, 3.63) is 425 Å². The maximum absolute atomic E-state index is 5.15. The van der Waals surface area contributed by atoms with E-state index in [1.807, 2.05) is 66.7 Å². The fourth-order valence-electron chi connectivity index (χ4n) is 17.9. The van der Waals surface area contributed by atoms with Crippen LogP contribution in [0.1, 0.15) is 0 Å². The zero-order valence-electron chi connectivity index (χ0n) is 65.4. The van der Waals surface area contributed by atoms with Crippen molar-refractivity contribution >= 4 is 141 Å². The molecule has 0 atom stereocenters. The maximum atomic E-state index is 5.15. The topological polar surface area (TPSA) is 105 Å². The molecule has 10 nitrogen and oxygen atoms in total. The average molecular weight is 1540 g/mol. The summed E-state index contributed by atoms with van der Waals surface area (Å²) < 4.78 is 6.95. The van der Waals surface area contributed by atoms with Crippen LogP contribution < -0.4 is 0 Å². The minimum Gasteiger partial charge on any atom is -0.309 e. The van der Waals surface area contributed by atoms with Crippen LogP contribution in [-0.4, -0.2) is 48.6 Å². The Hall–Kier alpha value is -16.4. The van der Waals surface area contributed by atoms with E-state index in [0.29, 0.717) is 23.4 Å². The number of hydrogen-bond acceptors (Lipinski definition) is 7. The van der Waals surface area contributed by atoms with E-state index in [1.54, 1.807) is 0 Å². The quantitative estimate of drug-likeness (QED) is 0.142. The molecule has 0 aliphatic heterocycles. The molecule has 6 heterocycles. The fourth-order valence-corrected chi connectivity index (χ4v) is 17.9. The number of rotatable bonds is 9. The molecule has 121 heavy (non-hydrogen) atoms. The van der Waals surface area contributed by atoms with E-state index in [2.05, 4.69) is 372 Å². The summed E-state index contributed by atoms with van der Waals surface area (Å²) in [6.07, 6.45) is 0. The van der Waals surface area contributed by atoms with E-state index in [1.165, 1.54) is 92.1 Å². The lowest BCUT2D eigenvalue weighted by molar-refractivity contribution is 1.01. The number of aromatic nitrogens is 10. The van der Waals surface area contributed by atoms with Crippen molar-refractivity contribution in [1.29, 1.82) is 0 Å². The highest BCUT2D eigenvalue weighted by Crippen LogP contribution is 2.42. The van der Waals surface area contributed by atoms with Gasteiger partial charge in [0.2, 0.25) is 5.95 Å². The molecule has 0 radical (unpaired) electrons. The molecule has 25 rings (SSSR count). The van der Waals surface area contributed by atoms with Crippen LogP contribution in [0.3, 0.4) is 0 Å². The molecular formula is C111H70N10. The lowest BCUT2D eigenvalue weighted by Gasteiger charge is -2.12. The first kappa shape index (κ1) is 70.0. The maximum Gasteiger partial charge on any atom is 0.235 e. The van der Waals surface area contributed by atoms with Gasteiger partial charge in [0.05, 0.1) is 55.5 Å². The number of nitrogens with zero attached hydrogens (tertiary/aromatic N) is 10. The van der Waals surface area contributed by atoms with Gasteiger partial charge in [0, 0.05) is 87.8 Å². The largest absolute Gasteiger partial charge is 0.309 e. The fraction of sp³-hybridized carbons (Fsp3) is 0. The number of para-hydroxylation sites is 5. The Morgan fingerprint density at radius 1 is 0.157 bits per heavy atom. The zero-order valence-corrected chi connectivity index (χ0v) is 65.4. The van der Waals surface area contributed by atoms with E-state index >= 15 is 0 Å². The van der Waals surface area contributed by atoms with Crippen LogP contribution in [0.25, 0.3) is 226 Å². The summed E-state index contributed by atoms with van der Waals surface area (Å²) in [5, 5.41) is 21.7. The van der Waals surface area contributed by atoms with Crippen molar-refractivity contribution in [2.75, 3.05) is 0 Å². The Labute approximate surface area is 695 Å². The Bertz CT molecular complexity index is 8400. The minimum absolute atomic E-state index is 0.646. The molecular weight excluding hydrogens is 1470 g/mol. The highest BCUT2D eigenvalue weighted by Gasteiger charge is 2.23. The average Bonchev–Trinajstić information content (AvgIpc) is 1.59. The van der Waals surface area contributed by atoms with Crippen LogP contribution in [0.15, 0.2) is 425 Å². The predicted molar refractivity (Wildman–Crippen MR) is 502 cm³/mol. The molecule has 25 aromatic rings. The molecule has 19 aromatic carbocycles. The van der Waals surface area contributed by atoms with Crippen LogP contribution in [0.5, 0.6) is 0 Å². The summed E-state index contributed by atoms with van der Waals surface area (Å²) >= 11 is 0. The third-order valence-corrected chi connectivity index (χ3v) is 23.6. The predicted octanol–water partition coefficient (Wildman–Crippen LogP) is 28.2. The minimum atomic E-state index is 0.646. The Morgan fingerprint density at radius 3 is 1.11 bits per heavy atom. The van der Waals surface area contributed by atoms with E-state index in [0.717, 1.165) is 111 Å². The second-order valence-electron chi connectivity index (χ2n) is 30.7. The molecule has 0 saturated heterocycles. The second kappa shape index (κ2) is 29.4.